The predicted octanol–water partition coefficient (Wildman–Crippen LogP) is 3.48. The Bertz CT molecular complexity index is 517. The summed E-state index contributed by atoms with van der Waals surface area (Å²) in [5.74, 6) is 0. The number of hydrogen-bond acceptors (Lipinski definition) is 3. The minimum Gasteiger partial charge on any atom is -0.305 e. The summed E-state index contributed by atoms with van der Waals surface area (Å²) in [7, 11) is 0. The SMILES string of the molecule is CCNC(c1ccc(Cl)c(Cl)c1)c1cnccn1. The molecule has 0 aliphatic rings. The van der Waals surface area contributed by atoms with Crippen LogP contribution in [0.15, 0.2) is 36.8 Å². The van der Waals surface area contributed by atoms with E-state index in [9.17, 15) is 0 Å². The molecule has 3 nitrogen and oxygen atoms in total. The molecular weight excluding hydrogens is 269 g/mol. The fourth-order valence-corrected chi connectivity index (χ4v) is 2.06. The van der Waals surface area contributed by atoms with Gasteiger partial charge in [0.25, 0.3) is 0 Å². The Morgan fingerprint density at radius 2 is 2.06 bits per heavy atom. The lowest BCUT2D eigenvalue weighted by Crippen LogP contribution is -2.23. The van der Waals surface area contributed by atoms with E-state index in [1.165, 1.54) is 0 Å². The van der Waals surface area contributed by atoms with Gasteiger partial charge in [-0.1, -0.05) is 36.2 Å². The summed E-state index contributed by atoms with van der Waals surface area (Å²) >= 11 is 12.0. The highest BCUT2D eigenvalue weighted by Gasteiger charge is 2.15. The number of hydrogen-bond donors (Lipinski definition) is 1. The van der Waals surface area contributed by atoms with Gasteiger partial charge in [0, 0.05) is 12.4 Å². The van der Waals surface area contributed by atoms with Crippen LogP contribution in [0.5, 0.6) is 0 Å². The van der Waals surface area contributed by atoms with Gasteiger partial charge in [0.15, 0.2) is 0 Å². The molecule has 0 bridgehead atoms. The number of nitrogens with zero attached hydrogens (tertiary/aromatic N) is 2. The highest BCUT2D eigenvalue weighted by Crippen LogP contribution is 2.27. The zero-order valence-electron chi connectivity index (χ0n) is 9.90. The first-order valence-electron chi connectivity index (χ1n) is 5.66. The first-order chi connectivity index (χ1) is 8.72. The summed E-state index contributed by atoms with van der Waals surface area (Å²) < 4.78 is 0. The van der Waals surface area contributed by atoms with Crippen molar-refractivity contribution in [3.8, 4) is 0 Å². The van der Waals surface area contributed by atoms with Crippen LogP contribution in [0.25, 0.3) is 0 Å². The second-order valence-electron chi connectivity index (χ2n) is 3.79. The third kappa shape index (κ3) is 2.99. The smallest absolute Gasteiger partial charge is 0.0801 e. The van der Waals surface area contributed by atoms with Crippen molar-refractivity contribution < 1.29 is 0 Å². The molecule has 2 rings (SSSR count). The predicted molar refractivity (Wildman–Crippen MR) is 74.0 cm³/mol. The molecule has 0 spiro atoms. The second-order valence-corrected chi connectivity index (χ2v) is 4.61. The van der Waals surface area contributed by atoms with E-state index in [0.29, 0.717) is 10.0 Å². The molecule has 0 saturated heterocycles. The average Bonchev–Trinajstić information content (AvgIpc) is 2.40. The molecule has 0 aliphatic carbocycles. The molecule has 18 heavy (non-hydrogen) atoms. The summed E-state index contributed by atoms with van der Waals surface area (Å²) in [6.45, 7) is 2.86. The van der Waals surface area contributed by atoms with Crippen molar-refractivity contribution in [2.24, 2.45) is 0 Å². The first-order valence-corrected chi connectivity index (χ1v) is 6.42. The van der Waals surface area contributed by atoms with E-state index in [-0.39, 0.29) is 6.04 Å². The third-order valence-electron chi connectivity index (χ3n) is 2.56. The van der Waals surface area contributed by atoms with E-state index >= 15 is 0 Å². The summed E-state index contributed by atoms with van der Waals surface area (Å²) in [6.07, 6.45) is 5.08. The summed E-state index contributed by atoms with van der Waals surface area (Å²) in [5.41, 5.74) is 1.88. The number of benzene rings is 1. The van der Waals surface area contributed by atoms with Crippen LogP contribution in [0.3, 0.4) is 0 Å². The molecule has 1 N–H and O–H groups in total. The van der Waals surface area contributed by atoms with E-state index in [0.717, 1.165) is 17.8 Å². The molecule has 5 heteroatoms. The van der Waals surface area contributed by atoms with Crippen LogP contribution in [0.2, 0.25) is 10.0 Å². The molecule has 0 aliphatic heterocycles. The summed E-state index contributed by atoms with van der Waals surface area (Å²) in [5, 5.41) is 4.45. The Morgan fingerprint density at radius 3 is 2.67 bits per heavy atom. The van der Waals surface area contributed by atoms with Crippen LogP contribution in [-0.4, -0.2) is 16.5 Å². The normalized spacial score (nSPS) is 12.4. The van der Waals surface area contributed by atoms with Gasteiger partial charge < -0.3 is 5.32 Å². The Morgan fingerprint density at radius 1 is 1.22 bits per heavy atom. The van der Waals surface area contributed by atoms with E-state index in [4.69, 9.17) is 23.2 Å². The molecule has 2 aromatic rings. The van der Waals surface area contributed by atoms with Gasteiger partial charge in [-0.15, -0.1) is 0 Å². The van der Waals surface area contributed by atoms with E-state index in [1.807, 2.05) is 19.1 Å². The summed E-state index contributed by atoms with van der Waals surface area (Å²) in [4.78, 5) is 8.42. The van der Waals surface area contributed by atoms with Gasteiger partial charge >= 0.3 is 0 Å². The number of rotatable bonds is 4. The van der Waals surface area contributed by atoms with Crippen molar-refractivity contribution in [3.05, 3.63) is 58.1 Å². The van der Waals surface area contributed by atoms with Crippen LogP contribution < -0.4 is 5.32 Å². The van der Waals surface area contributed by atoms with Gasteiger partial charge in [0.05, 0.1) is 28.0 Å². The zero-order chi connectivity index (χ0) is 13.0. The molecular formula is C13H13Cl2N3. The van der Waals surface area contributed by atoms with E-state index < -0.39 is 0 Å². The van der Waals surface area contributed by atoms with Gasteiger partial charge in [0.2, 0.25) is 0 Å². The van der Waals surface area contributed by atoms with Crippen LogP contribution in [-0.2, 0) is 0 Å². The molecule has 0 fully saturated rings. The lowest BCUT2D eigenvalue weighted by molar-refractivity contribution is 0.613. The largest absolute Gasteiger partial charge is 0.305 e. The van der Waals surface area contributed by atoms with Crippen molar-refractivity contribution in [2.75, 3.05) is 6.54 Å². The quantitative estimate of drug-likeness (QED) is 0.932. The lowest BCUT2D eigenvalue weighted by atomic mass is 10.0. The maximum Gasteiger partial charge on any atom is 0.0801 e. The maximum absolute atomic E-state index is 6.05. The molecule has 0 saturated carbocycles. The van der Waals surface area contributed by atoms with Gasteiger partial charge in [-0.25, -0.2) is 0 Å². The Hall–Kier alpha value is -1.16. The molecule has 1 unspecified atom stereocenters. The Balaban J connectivity index is 2.38. The van der Waals surface area contributed by atoms with E-state index in [1.54, 1.807) is 24.7 Å². The van der Waals surface area contributed by atoms with Gasteiger partial charge in [-0.2, -0.15) is 0 Å². The molecule has 0 radical (unpaired) electrons. The standard InChI is InChI=1S/C13H13Cl2N3/c1-2-17-13(12-8-16-5-6-18-12)9-3-4-10(14)11(15)7-9/h3-8,13,17H,2H2,1H3. The van der Waals surface area contributed by atoms with Crippen LogP contribution in [0, 0.1) is 0 Å². The molecule has 0 amide bonds. The van der Waals surface area contributed by atoms with Crippen molar-refractivity contribution in [1.29, 1.82) is 0 Å². The molecule has 94 valence electrons. The van der Waals surface area contributed by atoms with Crippen LogP contribution in [0.1, 0.15) is 24.2 Å². The van der Waals surface area contributed by atoms with Crippen molar-refractivity contribution >= 4 is 23.2 Å². The Kier molecular flexibility index (Phi) is 4.53. The van der Waals surface area contributed by atoms with Gasteiger partial charge in [-0.05, 0) is 24.2 Å². The fraction of sp³-hybridized carbons (Fsp3) is 0.231. The first kappa shape index (κ1) is 13.3. The maximum atomic E-state index is 6.05. The average molecular weight is 282 g/mol. The minimum atomic E-state index is -0.0292. The van der Waals surface area contributed by atoms with Gasteiger partial charge in [0.1, 0.15) is 0 Å². The monoisotopic (exact) mass is 281 g/mol. The van der Waals surface area contributed by atoms with Crippen LogP contribution in [0.4, 0.5) is 0 Å². The lowest BCUT2D eigenvalue weighted by Gasteiger charge is -2.17. The van der Waals surface area contributed by atoms with E-state index in [2.05, 4.69) is 15.3 Å². The van der Waals surface area contributed by atoms with Crippen LogP contribution >= 0.6 is 23.2 Å². The van der Waals surface area contributed by atoms with Gasteiger partial charge in [-0.3, -0.25) is 9.97 Å². The molecule has 1 heterocycles. The Labute approximate surface area is 116 Å². The highest BCUT2D eigenvalue weighted by molar-refractivity contribution is 6.42. The van der Waals surface area contributed by atoms with Crippen molar-refractivity contribution in [3.63, 3.8) is 0 Å². The number of nitrogens with one attached hydrogen (secondary N) is 1. The van der Waals surface area contributed by atoms with Crippen molar-refractivity contribution in [2.45, 2.75) is 13.0 Å². The number of halogens is 2. The fourth-order valence-electron chi connectivity index (χ4n) is 1.75. The topological polar surface area (TPSA) is 37.8 Å². The van der Waals surface area contributed by atoms with Crippen molar-refractivity contribution in [1.82, 2.24) is 15.3 Å². The molecule has 1 aromatic heterocycles. The minimum absolute atomic E-state index is 0.0292. The summed E-state index contributed by atoms with van der Waals surface area (Å²) in [6, 6.07) is 5.56. The highest BCUT2D eigenvalue weighted by atomic mass is 35.5. The number of aromatic nitrogens is 2. The zero-order valence-corrected chi connectivity index (χ0v) is 11.4. The molecule has 1 atom stereocenters. The molecule has 1 aromatic carbocycles. The third-order valence-corrected chi connectivity index (χ3v) is 3.30. The second kappa shape index (κ2) is 6.14.